The minimum absolute atomic E-state index is 0.169. The van der Waals surface area contributed by atoms with Crippen LogP contribution in [0.3, 0.4) is 0 Å². The molecule has 0 fully saturated rings. The Labute approximate surface area is 152 Å². The summed E-state index contributed by atoms with van der Waals surface area (Å²) in [5.41, 5.74) is 1.92. The number of rotatable bonds is 7. The summed E-state index contributed by atoms with van der Waals surface area (Å²) >= 11 is 0. The Morgan fingerprint density at radius 1 is 0.885 bits per heavy atom. The summed E-state index contributed by atoms with van der Waals surface area (Å²) in [6, 6.07) is 20.6. The SMILES string of the molecule is CS(=O)(=O)Nc1ccc(Nc2ccc(OCc3ccccc3)cc2)nn1. The van der Waals surface area contributed by atoms with Gasteiger partial charge in [0.2, 0.25) is 10.0 Å². The van der Waals surface area contributed by atoms with Crippen molar-refractivity contribution in [3.63, 3.8) is 0 Å². The predicted molar refractivity (Wildman–Crippen MR) is 101 cm³/mol. The highest BCUT2D eigenvalue weighted by Crippen LogP contribution is 2.20. The second-order valence-electron chi connectivity index (χ2n) is 5.60. The van der Waals surface area contributed by atoms with Gasteiger partial charge in [0.25, 0.3) is 0 Å². The van der Waals surface area contributed by atoms with E-state index in [4.69, 9.17) is 4.74 Å². The molecular formula is C18H18N4O3S. The second kappa shape index (κ2) is 7.83. The summed E-state index contributed by atoms with van der Waals surface area (Å²) in [5.74, 6) is 1.43. The maximum absolute atomic E-state index is 11.1. The van der Waals surface area contributed by atoms with Crippen molar-refractivity contribution in [2.24, 2.45) is 0 Å². The number of nitrogens with zero attached hydrogens (tertiary/aromatic N) is 2. The zero-order valence-electron chi connectivity index (χ0n) is 14.1. The van der Waals surface area contributed by atoms with Gasteiger partial charge in [0.1, 0.15) is 12.4 Å². The summed E-state index contributed by atoms with van der Waals surface area (Å²) in [7, 11) is -3.37. The van der Waals surface area contributed by atoms with Gasteiger partial charge in [-0.2, -0.15) is 0 Å². The van der Waals surface area contributed by atoms with Crippen LogP contribution in [0.15, 0.2) is 66.7 Å². The molecule has 0 saturated carbocycles. The normalized spacial score (nSPS) is 11.0. The largest absolute Gasteiger partial charge is 0.489 e. The molecule has 134 valence electrons. The molecule has 3 rings (SSSR count). The maximum Gasteiger partial charge on any atom is 0.231 e. The lowest BCUT2D eigenvalue weighted by Gasteiger charge is -2.09. The molecule has 0 spiro atoms. The smallest absolute Gasteiger partial charge is 0.231 e. The lowest BCUT2D eigenvalue weighted by Crippen LogP contribution is -2.11. The lowest BCUT2D eigenvalue weighted by molar-refractivity contribution is 0.306. The highest BCUT2D eigenvalue weighted by Gasteiger charge is 2.04. The molecule has 0 aliphatic heterocycles. The fourth-order valence-corrected chi connectivity index (χ4v) is 2.66. The highest BCUT2D eigenvalue weighted by atomic mass is 32.2. The fourth-order valence-electron chi connectivity index (χ4n) is 2.17. The van der Waals surface area contributed by atoms with Crippen LogP contribution in [0.5, 0.6) is 5.75 Å². The van der Waals surface area contributed by atoms with Crippen LogP contribution in [-0.4, -0.2) is 24.9 Å². The van der Waals surface area contributed by atoms with Crippen molar-refractivity contribution in [2.45, 2.75) is 6.61 Å². The number of hydrogen-bond donors (Lipinski definition) is 2. The molecule has 0 atom stereocenters. The average molecular weight is 370 g/mol. The summed E-state index contributed by atoms with van der Waals surface area (Å²) < 4.78 is 30.3. The van der Waals surface area contributed by atoms with Gasteiger partial charge in [0.05, 0.1) is 6.26 Å². The Morgan fingerprint density at radius 3 is 2.15 bits per heavy atom. The zero-order valence-corrected chi connectivity index (χ0v) is 14.9. The van der Waals surface area contributed by atoms with E-state index in [-0.39, 0.29) is 5.82 Å². The Kier molecular flexibility index (Phi) is 5.33. The van der Waals surface area contributed by atoms with Crippen molar-refractivity contribution in [3.05, 3.63) is 72.3 Å². The molecule has 3 aromatic rings. The van der Waals surface area contributed by atoms with E-state index in [2.05, 4.69) is 20.2 Å². The van der Waals surface area contributed by atoms with E-state index in [0.29, 0.717) is 12.4 Å². The van der Waals surface area contributed by atoms with Crippen LogP contribution in [0.4, 0.5) is 17.3 Å². The summed E-state index contributed by atoms with van der Waals surface area (Å²) in [6.07, 6.45) is 1.06. The van der Waals surface area contributed by atoms with Gasteiger partial charge >= 0.3 is 0 Å². The van der Waals surface area contributed by atoms with Crippen molar-refractivity contribution in [3.8, 4) is 5.75 Å². The molecule has 0 amide bonds. The van der Waals surface area contributed by atoms with E-state index in [0.717, 1.165) is 23.3 Å². The fraction of sp³-hybridized carbons (Fsp3) is 0.111. The van der Waals surface area contributed by atoms with Gasteiger partial charge in [0, 0.05) is 5.69 Å². The van der Waals surface area contributed by atoms with Gasteiger partial charge in [-0.15, -0.1) is 10.2 Å². The van der Waals surface area contributed by atoms with E-state index < -0.39 is 10.0 Å². The maximum atomic E-state index is 11.1. The molecule has 0 bridgehead atoms. The monoisotopic (exact) mass is 370 g/mol. The number of hydrogen-bond acceptors (Lipinski definition) is 6. The zero-order chi connectivity index (χ0) is 18.4. The Morgan fingerprint density at radius 2 is 1.54 bits per heavy atom. The molecule has 26 heavy (non-hydrogen) atoms. The first kappa shape index (κ1) is 17.7. The Balaban J connectivity index is 1.57. The lowest BCUT2D eigenvalue weighted by atomic mass is 10.2. The second-order valence-corrected chi connectivity index (χ2v) is 7.35. The van der Waals surface area contributed by atoms with Crippen LogP contribution in [0.2, 0.25) is 0 Å². The van der Waals surface area contributed by atoms with Gasteiger partial charge in [-0.3, -0.25) is 4.72 Å². The molecule has 1 heterocycles. The molecule has 0 aliphatic carbocycles. The van der Waals surface area contributed by atoms with Gasteiger partial charge in [-0.25, -0.2) is 8.42 Å². The molecule has 0 radical (unpaired) electrons. The third kappa shape index (κ3) is 5.45. The van der Waals surface area contributed by atoms with E-state index >= 15 is 0 Å². The highest BCUT2D eigenvalue weighted by molar-refractivity contribution is 7.92. The molecule has 1 aromatic heterocycles. The van der Waals surface area contributed by atoms with Gasteiger partial charge in [0.15, 0.2) is 11.6 Å². The summed E-state index contributed by atoms with van der Waals surface area (Å²) in [4.78, 5) is 0. The molecular weight excluding hydrogens is 352 g/mol. The van der Waals surface area contributed by atoms with E-state index in [1.165, 1.54) is 6.07 Å². The minimum atomic E-state index is -3.37. The van der Waals surface area contributed by atoms with Crippen LogP contribution in [-0.2, 0) is 16.6 Å². The average Bonchev–Trinajstić information content (AvgIpc) is 2.62. The third-order valence-corrected chi connectivity index (χ3v) is 3.91. The van der Waals surface area contributed by atoms with E-state index in [9.17, 15) is 8.42 Å². The van der Waals surface area contributed by atoms with Gasteiger partial charge < -0.3 is 10.1 Å². The van der Waals surface area contributed by atoms with Crippen molar-refractivity contribution < 1.29 is 13.2 Å². The number of ether oxygens (including phenoxy) is 1. The first-order valence-electron chi connectivity index (χ1n) is 7.83. The summed E-state index contributed by atoms with van der Waals surface area (Å²) in [6.45, 7) is 0.508. The number of aromatic nitrogens is 2. The van der Waals surface area contributed by atoms with Crippen molar-refractivity contribution in [1.82, 2.24) is 10.2 Å². The predicted octanol–water partition coefficient (Wildman–Crippen LogP) is 3.17. The van der Waals surface area contributed by atoms with Gasteiger partial charge in [-0.1, -0.05) is 30.3 Å². The third-order valence-electron chi connectivity index (χ3n) is 3.33. The Bertz CT molecular complexity index is 944. The molecule has 0 saturated heterocycles. The van der Waals surface area contributed by atoms with Crippen LogP contribution in [0, 0.1) is 0 Å². The topological polar surface area (TPSA) is 93.2 Å². The van der Waals surface area contributed by atoms with E-state index in [1.54, 1.807) is 6.07 Å². The van der Waals surface area contributed by atoms with Crippen molar-refractivity contribution >= 4 is 27.3 Å². The number of anilines is 3. The van der Waals surface area contributed by atoms with Crippen LogP contribution < -0.4 is 14.8 Å². The number of benzene rings is 2. The van der Waals surface area contributed by atoms with Crippen LogP contribution >= 0.6 is 0 Å². The first-order valence-corrected chi connectivity index (χ1v) is 9.72. The van der Waals surface area contributed by atoms with Crippen molar-refractivity contribution in [1.29, 1.82) is 0 Å². The standard InChI is InChI=1S/C18H18N4O3S/c1-26(23,24)22-18-12-11-17(20-21-18)19-15-7-9-16(10-8-15)25-13-14-5-3-2-4-6-14/h2-12H,13H2,1H3,(H,19,20)(H,21,22). The Hall–Kier alpha value is -3.13. The van der Waals surface area contributed by atoms with Gasteiger partial charge in [-0.05, 0) is 42.0 Å². The molecule has 0 unspecified atom stereocenters. The molecule has 8 heteroatoms. The quantitative estimate of drug-likeness (QED) is 0.663. The number of sulfonamides is 1. The molecule has 0 aliphatic rings. The summed E-state index contributed by atoms with van der Waals surface area (Å²) in [5, 5.41) is 10.8. The van der Waals surface area contributed by atoms with E-state index in [1.807, 2.05) is 54.6 Å². The molecule has 2 aromatic carbocycles. The van der Waals surface area contributed by atoms with Crippen molar-refractivity contribution in [2.75, 3.05) is 16.3 Å². The molecule has 7 nitrogen and oxygen atoms in total. The van der Waals surface area contributed by atoms with Crippen LogP contribution in [0.25, 0.3) is 0 Å². The van der Waals surface area contributed by atoms with Crippen LogP contribution in [0.1, 0.15) is 5.56 Å². The first-order chi connectivity index (χ1) is 12.5. The minimum Gasteiger partial charge on any atom is -0.489 e. The molecule has 2 N–H and O–H groups in total. The number of nitrogens with one attached hydrogen (secondary N) is 2.